The van der Waals surface area contributed by atoms with Gasteiger partial charge in [-0.05, 0) is 12.1 Å². The summed E-state index contributed by atoms with van der Waals surface area (Å²) in [4.78, 5) is 25.8. The molecule has 9 nitrogen and oxygen atoms in total. The van der Waals surface area contributed by atoms with Crippen molar-refractivity contribution in [1.29, 1.82) is 0 Å². The first-order chi connectivity index (χ1) is 12.8. The number of hydrogen-bond donors (Lipinski definition) is 2. The Balaban J connectivity index is 1.71. The fraction of sp³-hybridized carbons (Fsp3) is 0.375. The first kappa shape index (κ1) is 19.0. The van der Waals surface area contributed by atoms with E-state index < -0.39 is 11.9 Å². The second kappa shape index (κ2) is 7.82. The Morgan fingerprint density at radius 1 is 1.30 bits per heavy atom. The van der Waals surface area contributed by atoms with Crippen molar-refractivity contribution < 1.29 is 19.1 Å². The van der Waals surface area contributed by atoms with Gasteiger partial charge in [0.1, 0.15) is 11.5 Å². The highest BCUT2D eigenvalue weighted by atomic mass is 32.1. The molecule has 0 spiro atoms. The Hall–Kier alpha value is -2.82. The van der Waals surface area contributed by atoms with E-state index in [1.165, 1.54) is 23.9 Å². The fourth-order valence-electron chi connectivity index (χ4n) is 2.88. The van der Waals surface area contributed by atoms with Gasteiger partial charge in [-0.3, -0.25) is 4.79 Å². The zero-order valence-corrected chi connectivity index (χ0v) is 15.5. The van der Waals surface area contributed by atoms with E-state index in [0.29, 0.717) is 43.2 Å². The average molecular weight is 394 g/mol. The molecule has 2 amide bonds. The molecule has 1 aromatic heterocycles. The number of piperazine rings is 1. The SMILES string of the molecule is CC(=O)N1CCN(c2ccc(-n3cc(CN(S)C(=O)O)nn3)cc2F)CC1. The van der Waals surface area contributed by atoms with Crippen LogP contribution < -0.4 is 4.90 Å². The molecule has 2 heterocycles. The van der Waals surface area contributed by atoms with Gasteiger partial charge in [0, 0.05) is 39.2 Å². The number of aromatic nitrogens is 3. The summed E-state index contributed by atoms with van der Waals surface area (Å²) in [6, 6.07) is 4.72. The van der Waals surface area contributed by atoms with Gasteiger partial charge >= 0.3 is 6.09 Å². The third kappa shape index (κ3) is 4.30. The minimum Gasteiger partial charge on any atom is -0.464 e. The average Bonchev–Trinajstić information content (AvgIpc) is 3.10. The summed E-state index contributed by atoms with van der Waals surface area (Å²) in [5.41, 5.74) is 1.32. The number of nitrogens with zero attached hydrogens (tertiary/aromatic N) is 6. The highest BCUT2D eigenvalue weighted by Gasteiger charge is 2.21. The Labute approximate surface area is 160 Å². The van der Waals surface area contributed by atoms with Gasteiger partial charge in [-0.25, -0.2) is 18.2 Å². The van der Waals surface area contributed by atoms with Crippen molar-refractivity contribution >= 4 is 30.5 Å². The van der Waals surface area contributed by atoms with Crippen LogP contribution in [0.3, 0.4) is 0 Å². The smallest absolute Gasteiger partial charge is 0.417 e. The molecule has 0 aliphatic carbocycles. The van der Waals surface area contributed by atoms with Crippen molar-refractivity contribution in [3.8, 4) is 5.69 Å². The van der Waals surface area contributed by atoms with E-state index >= 15 is 0 Å². The zero-order chi connectivity index (χ0) is 19.6. The fourth-order valence-corrected chi connectivity index (χ4v) is 3.02. The van der Waals surface area contributed by atoms with Crippen molar-refractivity contribution in [2.75, 3.05) is 31.1 Å². The summed E-state index contributed by atoms with van der Waals surface area (Å²) in [6.45, 7) is 3.74. The third-order valence-electron chi connectivity index (χ3n) is 4.33. The highest BCUT2D eigenvalue weighted by Crippen LogP contribution is 2.23. The number of carbonyl (C=O) groups excluding carboxylic acids is 1. The van der Waals surface area contributed by atoms with E-state index in [4.69, 9.17) is 5.11 Å². The number of carbonyl (C=O) groups is 2. The van der Waals surface area contributed by atoms with E-state index in [0.717, 1.165) is 4.31 Å². The van der Waals surface area contributed by atoms with Crippen LogP contribution in [0.4, 0.5) is 14.9 Å². The topological polar surface area (TPSA) is 94.8 Å². The summed E-state index contributed by atoms with van der Waals surface area (Å²) in [6.07, 6.45) is 0.319. The molecule has 0 unspecified atom stereocenters. The van der Waals surface area contributed by atoms with Gasteiger partial charge in [0.2, 0.25) is 5.91 Å². The summed E-state index contributed by atoms with van der Waals surface area (Å²) in [5.74, 6) is -0.377. The largest absolute Gasteiger partial charge is 0.464 e. The number of thiol groups is 1. The van der Waals surface area contributed by atoms with E-state index in [9.17, 15) is 14.0 Å². The third-order valence-corrected chi connectivity index (χ3v) is 4.65. The minimum absolute atomic E-state index is 0.0233. The van der Waals surface area contributed by atoms with Crippen molar-refractivity contribution in [3.05, 3.63) is 35.9 Å². The lowest BCUT2D eigenvalue weighted by molar-refractivity contribution is -0.129. The highest BCUT2D eigenvalue weighted by molar-refractivity contribution is 7.78. The molecule has 1 saturated heterocycles. The number of halogens is 1. The van der Waals surface area contributed by atoms with Crippen molar-refractivity contribution in [2.45, 2.75) is 13.5 Å². The van der Waals surface area contributed by atoms with E-state index in [-0.39, 0.29) is 12.5 Å². The molecule has 1 N–H and O–H groups in total. The molecule has 2 aromatic rings. The Morgan fingerprint density at radius 2 is 2.00 bits per heavy atom. The molecule has 1 aromatic carbocycles. The molecule has 0 atom stereocenters. The molecule has 1 fully saturated rings. The number of amides is 2. The van der Waals surface area contributed by atoms with Gasteiger partial charge < -0.3 is 14.9 Å². The van der Waals surface area contributed by atoms with Crippen LogP contribution >= 0.6 is 12.8 Å². The number of anilines is 1. The van der Waals surface area contributed by atoms with E-state index in [1.807, 2.05) is 4.90 Å². The number of carboxylic acid groups (broad SMARTS) is 1. The molecule has 0 saturated carbocycles. The maximum atomic E-state index is 14.6. The number of hydrogen-bond acceptors (Lipinski definition) is 6. The first-order valence-corrected chi connectivity index (χ1v) is 8.66. The Morgan fingerprint density at radius 3 is 2.59 bits per heavy atom. The molecule has 144 valence electrons. The van der Waals surface area contributed by atoms with Gasteiger partial charge in [-0.1, -0.05) is 18.0 Å². The molecule has 3 rings (SSSR count). The Kier molecular flexibility index (Phi) is 5.49. The van der Waals surface area contributed by atoms with Gasteiger partial charge in [0.25, 0.3) is 0 Å². The predicted octanol–water partition coefficient (Wildman–Crippen LogP) is 1.40. The molecule has 27 heavy (non-hydrogen) atoms. The van der Waals surface area contributed by atoms with Crippen molar-refractivity contribution in [3.63, 3.8) is 0 Å². The van der Waals surface area contributed by atoms with Crippen LogP contribution in [-0.4, -0.2) is 67.5 Å². The lowest BCUT2D eigenvalue weighted by Gasteiger charge is -2.35. The van der Waals surface area contributed by atoms with Crippen LogP contribution in [0, 0.1) is 5.82 Å². The molecule has 1 aliphatic heterocycles. The van der Waals surface area contributed by atoms with Crippen LogP contribution in [-0.2, 0) is 11.3 Å². The molecule has 1 aliphatic rings. The first-order valence-electron chi connectivity index (χ1n) is 8.26. The van der Waals surface area contributed by atoms with Gasteiger partial charge in [-0.2, -0.15) is 0 Å². The quantitative estimate of drug-likeness (QED) is 0.762. The zero-order valence-electron chi connectivity index (χ0n) is 14.6. The Bertz CT molecular complexity index is 852. The standard InChI is InChI=1S/C16H19FN6O3S/c1-11(24)20-4-6-21(7-5-20)15-3-2-13(8-14(15)17)22-9-12(18-19-22)10-23(27)16(25)26/h2-3,8-9,27H,4-7,10H2,1H3,(H,25,26). The molecule has 0 bridgehead atoms. The van der Waals surface area contributed by atoms with Crippen LogP contribution in [0.1, 0.15) is 12.6 Å². The normalized spacial score (nSPS) is 14.3. The molecular formula is C16H19FN6O3S. The monoisotopic (exact) mass is 394 g/mol. The second-order valence-electron chi connectivity index (χ2n) is 6.12. The van der Waals surface area contributed by atoms with Crippen molar-refractivity contribution in [1.82, 2.24) is 24.2 Å². The van der Waals surface area contributed by atoms with Gasteiger partial charge in [-0.15, -0.1) is 5.10 Å². The van der Waals surface area contributed by atoms with Crippen LogP contribution in [0.5, 0.6) is 0 Å². The number of rotatable bonds is 4. The maximum Gasteiger partial charge on any atom is 0.417 e. The summed E-state index contributed by atoms with van der Waals surface area (Å²) in [7, 11) is 0. The second-order valence-corrected chi connectivity index (χ2v) is 6.61. The molecule has 11 heteroatoms. The van der Waals surface area contributed by atoms with Crippen LogP contribution in [0.25, 0.3) is 5.69 Å². The summed E-state index contributed by atoms with van der Waals surface area (Å²) in [5, 5.41) is 16.6. The molecule has 0 radical (unpaired) electrons. The van der Waals surface area contributed by atoms with Gasteiger partial charge in [0.15, 0.2) is 0 Å². The minimum atomic E-state index is -1.20. The van der Waals surface area contributed by atoms with Gasteiger partial charge in [0.05, 0.1) is 24.1 Å². The lowest BCUT2D eigenvalue weighted by Crippen LogP contribution is -2.48. The summed E-state index contributed by atoms with van der Waals surface area (Å²) >= 11 is 3.81. The number of benzene rings is 1. The summed E-state index contributed by atoms with van der Waals surface area (Å²) < 4.78 is 16.8. The van der Waals surface area contributed by atoms with Crippen molar-refractivity contribution in [2.24, 2.45) is 0 Å². The lowest BCUT2D eigenvalue weighted by atomic mass is 10.2. The predicted molar refractivity (Wildman–Crippen MR) is 98.3 cm³/mol. The van der Waals surface area contributed by atoms with E-state index in [2.05, 4.69) is 23.1 Å². The maximum absolute atomic E-state index is 14.6. The van der Waals surface area contributed by atoms with E-state index in [1.54, 1.807) is 17.0 Å². The van der Waals surface area contributed by atoms with Crippen LogP contribution in [0.15, 0.2) is 24.4 Å². The molecular weight excluding hydrogens is 375 g/mol. The van der Waals surface area contributed by atoms with Crippen LogP contribution in [0.2, 0.25) is 0 Å².